The number of hydrogen-bond acceptors (Lipinski definition) is 5. The van der Waals surface area contributed by atoms with Gasteiger partial charge in [0.1, 0.15) is 5.82 Å². The summed E-state index contributed by atoms with van der Waals surface area (Å²) >= 11 is 0. The quantitative estimate of drug-likeness (QED) is 0.625. The number of carbonyl (C=O) groups excluding carboxylic acids is 1. The van der Waals surface area contributed by atoms with Gasteiger partial charge in [-0.3, -0.25) is 4.90 Å². The minimum atomic E-state index is -3.68. The molecular formula is C24H36FN3O5S. The Hall–Kier alpha value is -1.75. The maximum Gasteiger partial charge on any atom is 0.410 e. The minimum absolute atomic E-state index is 0.0239. The highest BCUT2D eigenvalue weighted by Gasteiger charge is 2.54. The molecule has 0 unspecified atom stereocenters. The van der Waals surface area contributed by atoms with E-state index in [9.17, 15) is 17.6 Å². The van der Waals surface area contributed by atoms with E-state index in [1.807, 2.05) is 6.07 Å². The molecule has 4 rings (SSSR count). The summed E-state index contributed by atoms with van der Waals surface area (Å²) in [4.78, 5) is 14.4. The number of fused-ring (bicyclic) bond motifs is 1. The highest BCUT2D eigenvalue weighted by atomic mass is 32.2. The van der Waals surface area contributed by atoms with Crippen molar-refractivity contribution in [2.45, 2.75) is 75.1 Å². The molecule has 8 nitrogen and oxygen atoms in total. The first-order valence-electron chi connectivity index (χ1n) is 12.1. The second-order valence-corrected chi connectivity index (χ2v) is 11.8. The van der Waals surface area contributed by atoms with Gasteiger partial charge in [-0.2, -0.15) is 17.4 Å². The minimum Gasteiger partial charge on any atom is -0.453 e. The highest BCUT2D eigenvalue weighted by Crippen LogP contribution is 2.43. The summed E-state index contributed by atoms with van der Waals surface area (Å²) in [6.07, 6.45) is 5.70. The SMILES string of the molecule is COC(=O)N1[C@@H]2CCC[C@@H]2[C@H](NS(=O)(=O)N(C)C)[C@@H]1CO[C@H]1CC[C@@H](c2cccc(F)c2)CC1. The number of hydrogen-bond donors (Lipinski definition) is 1. The van der Waals surface area contributed by atoms with Crippen LogP contribution >= 0.6 is 0 Å². The van der Waals surface area contributed by atoms with E-state index in [0.29, 0.717) is 5.92 Å². The summed E-state index contributed by atoms with van der Waals surface area (Å²) in [5.74, 6) is 0.135. The largest absolute Gasteiger partial charge is 0.453 e. The number of amides is 1. The Morgan fingerprint density at radius 2 is 1.91 bits per heavy atom. The van der Waals surface area contributed by atoms with Gasteiger partial charge in [0.15, 0.2) is 0 Å². The number of likely N-dealkylation sites (tertiary alicyclic amines) is 1. The van der Waals surface area contributed by atoms with Crippen LogP contribution in [-0.2, 0) is 19.7 Å². The zero-order valence-electron chi connectivity index (χ0n) is 20.2. The summed E-state index contributed by atoms with van der Waals surface area (Å²) in [7, 11) is 0.661. The van der Waals surface area contributed by atoms with Gasteiger partial charge in [-0.15, -0.1) is 0 Å². The van der Waals surface area contributed by atoms with Crippen LogP contribution in [0.1, 0.15) is 56.4 Å². The fourth-order valence-corrected chi connectivity index (χ4v) is 6.89. The molecular weight excluding hydrogens is 461 g/mol. The van der Waals surface area contributed by atoms with Crippen LogP contribution in [-0.4, -0.2) is 75.8 Å². The third kappa shape index (κ3) is 5.24. The third-order valence-corrected chi connectivity index (χ3v) is 9.30. The van der Waals surface area contributed by atoms with Crippen molar-refractivity contribution in [3.8, 4) is 0 Å². The van der Waals surface area contributed by atoms with Crippen molar-refractivity contribution in [2.24, 2.45) is 5.92 Å². The lowest BCUT2D eigenvalue weighted by Crippen LogP contribution is -2.53. The van der Waals surface area contributed by atoms with Crippen LogP contribution in [0, 0.1) is 11.7 Å². The molecule has 1 aromatic rings. The Labute approximate surface area is 202 Å². The molecule has 3 aliphatic rings. The van der Waals surface area contributed by atoms with Crippen molar-refractivity contribution in [2.75, 3.05) is 27.8 Å². The fraction of sp³-hybridized carbons (Fsp3) is 0.708. The lowest BCUT2D eigenvalue weighted by atomic mass is 9.82. The first kappa shape index (κ1) is 25.3. The van der Waals surface area contributed by atoms with Crippen LogP contribution in [0.5, 0.6) is 0 Å². The van der Waals surface area contributed by atoms with Gasteiger partial charge in [-0.05, 0) is 68.1 Å². The molecule has 0 bridgehead atoms. The third-order valence-electron chi connectivity index (χ3n) is 7.77. The Morgan fingerprint density at radius 1 is 1.18 bits per heavy atom. The van der Waals surface area contributed by atoms with E-state index in [0.717, 1.165) is 54.8 Å². The number of nitrogens with zero attached hydrogens (tertiary/aromatic N) is 2. The molecule has 1 aliphatic heterocycles. The normalized spacial score (nSPS) is 31.6. The number of ether oxygens (including phenoxy) is 2. The number of halogens is 1. The fourth-order valence-electron chi connectivity index (χ4n) is 6.00. The van der Waals surface area contributed by atoms with Gasteiger partial charge in [-0.25, -0.2) is 9.18 Å². The number of carbonyl (C=O) groups is 1. The van der Waals surface area contributed by atoms with E-state index in [1.54, 1.807) is 17.0 Å². The zero-order valence-corrected chi connectivity index (χ0v) is 21.0. The molecule has 2 aliphatic carbocycles. The maximum absolute atomic E-state index is 13.6. The molecule has 2 saturated carbocycles. The van der Waals surface area contributed by atoms with Gasteiger partial charge < -0.3 is 9.47 Å². The van der Waals surface area contributed by atoms with Gasteiger partial charge in [0.2, 0.25) is 0 Å². The van der Waals surface area contributed by atoms with Crippen molar-refractivity contribution in [1.29, 1.82) is 0 Å². The number of nitrogens with one attached hydrogen (secondary N) is 1. The van der Waals surface area contributed by atoms with Gasteiger partial charge in [0.25, 0.3) is 10.2 Å². The maximum atomic E-state index is 13.6. The molecule has 34 heavy (non-hydrogen) atoms. The van der Waals surface area contributed by atoms with Gasteiger partial charge >= 0.3 is 6.09 Å². The van der Waals surface area contributed by atoms with E-state index in [1.165, 1.54) is 27.3 Å². The number of methoxy groups -OCH3 is 1. The Bertz CT molecular complexity index is 967. The van der Waals surface area contributed by atoms with E-state index in [-0.39, 0.29) is 30.5 Å². The highest BCUT2D eigenvalue weighted by molar-refractivity contribution is 7.87. The van der Waals surface area contributed by atoms with Crippen molar-refractivity contribution in [3.63, 3.8) is 0 Å². The van der Waals surface area contributed by atoms with Crippen molar-refractivity contribution in [3.05, 3.63) is 35.6 Å². The predicted molar refractivity (Wildman–Crippen MR) is 126 cm³/mol. The second kappa shape index (κ2) is 10.5. The van der Waals surface area contributed by atoms with Gasteiger partial charge in [0, 0.05) is 20.1 Å². The average molecular weight is 498 g/mol. The lowest BCUT2D eigenvalue weighted by molar-refractivity contribution is -0.00982. The van der Waals surface area contributed by atoms with Crippen molar-refractivity contribution in [1.82, 2.24) is 13.9 Å². The first-order valence-corrected chi connectivity index (χ1v) is 13.6. The Balaban J connectivity index is 1.44. The summed E-state index contributed by atoms with van der Waals surface area (Å²) in [5, 5.41) is 0. The van der Waals surface area contributed by atoms with E-state index in [2.05, 4.69) is 4.72 Å². The molecule has 0 aromatic heterocycles. The summed E-state index contributed by atoms with van der Waals surface area (Å²) < 4.78 is 54.3. The topological polar surface area (TPSA) is 88.2 Å². The molecule has 10 heteroatoms. The molecule has 1 aromatic carbocycles. The molecule has 3 fully saturated rings. The average Bonchev–Trinajstić information content (AvgIpc) is 3.39. The first-order chi connectivity index (χ1) is 16.2. The number of rotatable bonds is 7. The summed E-state index contributed by atoms with van der Waals surface area (Å²) in [6.45, 7) is 0.248. The van der Waals surface area contributed by atoms with Crippen LogP contribution in [0.4, 0.5) is 9.18 Å². The van der Waals surface area contributed by atoms with Crippen LogP contribution in [0.25, 0.3) is 0 Å². The molecule has 4 atom stereocenters. The molecule has 0 spiro atoms. The Morgan fingerprint density at radius 3 is 2.56 bits per heavy atom. The van der Waals surface area contributed by atoms with Crippen LogP contribution < -0.4 is 4.72 Å². The monoisotopic (exact) mass is 497 g/mol. The molecule has 1 amide bonds. The van der Waals surface area contributed by atoms with Gasteiger partial charge in [-0.1, -0.05) is 18.6 Å². The van der Waals surface area contributed by atoms with Crippen LogP contribution in [0.2, 0.25) is 0 Å². The Kier molecular flexibility index (Phi) is 7.81. The molecule has 190 valence electrons. The molecule has 0 radical (unpaired) electrons. The molecule has 1 heterocycles. The van der Waals surface area contributed by atoms with Gasteiger partial charge in [0.05, 0.1) is 31.9 Å². The predicted octanol–water partition coefficient (Wildman–Crippen LogP) is 3.25. The zero-order chi connectivity index (χ0) is 24.5. The van der Waals surface area contributed by atoms with E-state index < -0.39 is 28.4 Å². The van der Waals surface area contributed by atoms with Crippen molar-refractivity contribution < 1.29 is 27.1 Å². The molecule has 1 saturated heterocycles. The van der Waals surface area contributed by atoms with E-state index in [4.69, 9.17) is 9.47 Å². The lowest BCUT2D eigenvalue weighted by Gasteiger charge is -2.34. The molecule has 1 N–H and O–H groups in total. The standard InChI is InChI=1S/C24H36FN3O5S/c1-27(2)34(30,31)26-23-20-8-5-9-21(20)28(24(29)32-3)22(23)15-33-19-12-10-16(11-13-19)17-6-4-7-18(25)14-17/h4,6-7,14,16,19-23,26H,5,8-13,15H2,1-3H3/t16-,19+,20-,21+,22-,23-/m0/s1. The van der Waals surface area contributed by atoms with E-state index >= 15 is 0 Å². The van der Waals surface area contributed by atoms with Crippen molar-refractivity contribution >= 4 is 16.3 Å². The summed E-state index contributed by atoms with van der Waals surface area (Å²) in [5.41, 5.74) is 1.03. The van der Waals surface area contributed by atoms with Crippen LogP contribution in [0.15, 0.2) is 24.3 Å². The van der Waals surface area contributed by atoms with Crippen LogP contribution in [0.3, 0.4) is 0 Å². The second-order valence-electron chi connectivity index (χ2n) is 9.90. The smallest absolute Gasteiger partial charge is 0.410 e. The summed E-state index contributed by atoms with van der Waals surface area (Å²) in [6, 6.07) is 5.88. The number of benzene rings is 1.